The van der Waals surface area contributed by atoms with Crippen LogP contribution in [-0.2, 0) is 11.3 Å². The fourth-order valence-corrected chi connectivity index (χ4v) is 2.03. The van der Waals surface area contributed by atoms with Crippen molar-refractivity contribution in [3.63, 3.8) is 0 Å². The molecule has 0 aliphatic rings. The molecule has 0 radical (unpaired) electrons. The lowest BCUT2D eigenvalue weighted by atomic mass is 10.2. The maximum absolute atomic E-state index is 11.8. The fourth-order valence-electron chi connectivity index (χ4n) is 2.03. The minimum absolute atomic E-state index is 0.000512. The van der Waals surface area contributed by atoms with Gasteiger partial charge in [0, 0.05) is 32.1 Å². The molecule has 5 nitrogen and oxygen atoms in total. The van der Waals surface area contributed by atoms with Crippen molar-refractivity contribution in [3.8, 4) is 0 Å². The van der Waals surface area contributed by atoms with Gasteiger partial charge in [0.15, 0.2) is 0 Å². The summed E-state index contributed by atoms with van der Waals surface area (Å²) in [6.45, 7) is 5.39. The average molecular weight is 275 g/mol. The van der Waals surface area contributed by atoms with E-state index in [9.17, 15) is 4.79 Å². The second-order valence-electron chi connectivity index (χ2n) is 4.76. The molecule has 0 saturated carbocycles. The molecule has 2 amide bonds. The number of amides is 2. The topological polar surface area (TPSA) is 55.3 Å². The molecule has 1 atom stereocenters. The number of ether oxygens (including phenoxy) is 1. The van der Waals surface area contributed by atoms with E-state index in [4.69, 9.17) is 4.74 Å². The van der Waals surface area contributed by atoms with E-state index in [-0.39, 0.29) is 12.1 Å². The predicted octanol–water partition coefficient (Wildman–Crippen LogP) is 2.82. The van der Waals surface area contributed by atoms with Crippen molar-refractivity contribution >= 4 is 22.6 Å². The van der Waals surface area contributed by atoms with Gasteiger partial charge in [0.2, 0.25) is 0 Å². The lowest BCUT2D eigenvalue weighted by Crippen LogP contribution is -2.34. The van der Waals surface area contributed by atoms with E-state index in [1.165, 1.54) is 5.39 Å². The van der Waals surface area contributed by atoms with Gasteiger partial charge in [0.1, 0.15) is 0 Å². The molecule has 1 heterocycles. The summed E-state index contributed by atoms with van der Waals surface area (Å²) in [6, 6.07) is 7.75. The van der Waals surface area contributed by atoms with Crippen molar-refractivity contribution in [1.29, 1.82) is 0 Å². The highest BCUT2D eigenvalue weighted by Gasteiger charge is 2.06. The molecule has 0 saturated heterocycles. The summed E-state index contributed by atoms with van der Waals surface area (Å²) in [5.41, 5.74) is 1.91. The molecule has 2 N–H and O–H groups in total. The molecule has 5 heteroatoms. The second-order valence-corrected chi connectivity index (χ2v) is 4.76. The van der Waals surface area contributed by atoms with Gasteiger partial charge in [-0.1, -0.05) is 6.07 Å². The molecular weight excluding hydrogens is 254 g/mol. The molecule has 0 aliphatic heterocycles. The van der Waals surface area contributed by atoms with E-state index >= 15 is 0 Å². The highest BCUT2D eigenvalue weighted by molar-refractivity contribution is 5.92. The van der Waals surface area contributed by atoms with Crippen LogP contribution in [0.15, 0.2) is 30.5 Å². The molecule has 1 aromatic carbocycles. The Morgan fingerprint density at radius 1 is 1.40 bits per heavy atom. The van der Waals surface area contributed by atoms with E-state index in [1.54, 1.807) is 7.11 Å². The summed E-state index contributed by atoms with van der Waals surface area (Å²) in [7, 11) is 1.62. The quantitative estimate of drug-likeness (QED) is 0.881. The van der Waals surface area contributed by atoms with Crippen LogP contribution in [0.4, 0.5) is 10.5 Å². The van der Waals surface area contributed by atoms with Crippen molar-refractivity contribution in [3.05, 3.63) is 30.5 Å². The van der Waals surface area contributed by atoms with Crippen LogP contribution in [0.2, 0.25) is 0 Å². The van der Waals surface area contributed by atoms with Crippen LogP contribution in [-0.4, -0.2) is 30.4 Å². The maximum atomic E-state index is 11.8. The largest absolute Gasteiger partial charge is 0.380 e. The number of nitrogens with one attached hydrogen (secondary N) is 2. The van der Waals surface area contributed by atoms with E-state index in [0.29, 0.717) is 6.54 Å². The number of hydrogen-bond donors (Lipinski definition) is 2. The van der Waals surface area contributed by atoms with Crippen LogP contribution < -0.4 is 10.6 Å². The zero-order chi connectivity index (χ0) is 14.5. The summed E-state index contributed by atoms with van der Waals surface area (Å²) in [4.78, 5) is 11.8. The number of aryl methyl sites for hydroxylation is 1. The SMILES string of the molecule is CCn1ccc2ccc(NC(=O)NC[C@@H](C)OC)cc21. The molecule has 20 heavy (non-hydrogen) atoms. The number of fused-ring (bicyclic) bond motifs is 1. The number of hydrogen-bond acceptors (Lipinski definition) is 2. The van der Waals surface area contributed by atoms with Gasteiger partial charge in [0.05, 0.1) is 11.6 Å². The van der Waals surface area contributed by atoms with Crippen molar-refractivity contribution in [2.45, 2.75) is 26.5 Å². The van der Waals surface area contributed by atoms with Gasteiger partial charge in [-0.15, -0.1) is 0 Å². The molecule has 0 unspecified atom stereocenters. The van der Waals surface area contributed by atoms with Crippen LogP contribution in [0.3, 0.4) is 0 Å². The first-order chi connectivity index (χ1) is 9.63. The van der Waals surface area contributed by atoms with Crippen LogP contribution >= 0.6 is 0 Å². The van der Waals surface area contributed by atoms with Crippen molar-refractivity contribution in [2.24, 2.45) is 0 Å². The zero-order valence-corrected chi connectivity index (χ0v) is 12.1. The Bertz CT molecular complexity index is 592. The van der Waals surface area contributed by atoms with Crippen molar-refractivity contribution in [2.75, 3.05) is 19.0 Å². The molecule has 2 aromatic rings. The first-order valence-electron chi connectivity index (χ1n) is 6.80. The van der Waals surface area contributed by atoms with E-state index < -0.39 is 0 Å². The summed E-state index contributed by atoms with van der Waals surface area (Å²) in [6.07, 6.45) is 2.05. The molecule has 108 valence electrons. The number of nitrogens with zero attached hydrogens (tertiary/aromatic N) is 1. The Morgan fingerprint density at radius 3 is 2.90 bits per heavy atom. The second kappa shape index (κ2) is 6.43. The third-order valence-electron chi connectivity index (χ3n) is 3.32. The zero-order valence-electron chi connectivity index (χ0n) is 12.1. The smallest absolute Gasteiger partial charge is 0.319 e. The Balaban J connectivity index is 2.04. The molecular formula is C15H21N3O2. The Hall–Kier alpha value is -2.01. The predicted molar refractivity (Wildman–Crippen MR) is 81.1 cm³/mol. The Morgan fingerprint density at radius 2 is 2.20 bits per heavy atom. The molecule has 0 bridgehead atoms. The molecule has 0 fully saturated rings. The lowest BCUT2D eigenvalue weighted by Gasteiger charge is -2.12. The number of urea groups is 1. The fraction of sp³-hybridized carbons (Fsp3) is 0.400. The third-order valence-corrected chi connectivity index (χ3v) is 3.32. The number of anilines is 1. The number of carbonyl (C=O) groups is 1. The Labute approximate surface area is 118 Å². The molecule has 1 aromatic heterocycles. The van der Waals surface area contributed by atoms with E-state index in [0.717, 1.165) is 17.7 Å². The van der Waals surface area contributed by atoms with Gasteiger partial charge in [-0.05, 0) is 37.4 Å². The highest BCUT2D eigenvalue weighted by Crippen LogP contribution is 2.20. The average Bonchev–Trinajstić information content (AvgIpc) is 2.87. The van der Waals surface area contributed by atoms with Crippen LogP contribution in [0.1, 0.15) is 13.8 Å². The van der Waals surface area contributed by atoms with Gasteiger partial charge in [-0.3, -0.25) is 0 Å². The van der Waals surface area contributed by atoms with Gasteiger partial charge < -0.3 is 19.9 Å². The van der Waals surface area contributed by atoms with Crippen LogP contribution in [0, 0.1) is 0 Å². The van der Waals surface area contributed by atoms with Crippen LogP contribution in [0.25, 0.3) is 10.9 Å². The van der Waals surface area contributed by atoms with Crippen molar-refractivity contribution in [1.82, 2.24) is 9.88 Å². The number of carbonyl (C=O) groups excluding carboxylic acids is 1. The number of aromatic nitrogens is 1. The minimum Gasteiger partial charge on any atom is -0.380 e. The number of methoxy groups -OCH3 is 1. The summed E-state index contributed by atoms with van der Waals surface area (Å²) in [5, 5.41) is 6.78. The standard InChI is InChI=1S/C15H21N3O2/c1-4-18-8-7-12-5-6-13(9-14(12)18)17-15(19)16-10-11(2)20-3/h5-9,11H,4,10H2,1-3H3,(H2,16,17,19)/t11-/m1/s1. The summed E-state index contributed by atoms with van der Waals surface area (Å²) >= 11 is 0. The Kier molecular flexibility index (Phi) is 4.63. The molecule has 0 spiro atoms. The third kappa shape index (κ3) is 3.30. The normalized spacial score (nSPS) is 12.3. The monoisotopic (exact) mass is 275 g/mol. The number of rotatable bonds is 5. The highest BCUT2D eigenvalue weighted by atomic mass is 16.5. The minimum atomic E-state index is -0.220. The van der Waals surface area contributed by atoms with Crippen LogP contribution in [0.5, 0.6) is 0 Å². The van der Waals surface area contributed by atoms with E-state index in [2.05, 4.69) is 34.4 Å². The van der Waals surface area contributed by atoms with Gasteiger partial charge in [0.25, 0.3) is 0 Å². The number of benzene rings is 1. The summed E-state index contributed by atoms with van der Waals surface area (Å²) < 4.78 is 7.23. The first kappa shape index (κ1) is 14.4. The molecule has 0 aliphatic carbocycles. The summed E-state index contributed by atoms with van der Waals surface area (Å²) in [5.74, 6) is 0. The maximum Gasteiger partial charge on any atom is 0.319 e. The van der Waals surface area contributed by atoms with Gasteiger partial charge in [-0.25, -0.2) is 4.79 Å². The van der Waals surface area contributed by atoms with Gasteiger partial charge >= 0.3 is 6.03 Å². The lowest BCUT2D eigenvalue weighted by molar-refractivity contribution is 0.119. The van der Waals surface area contributed by atoms with E-state index in [1.807, 2.05) is 25.1 Å². The van der Waals surface area contributed by atoms with Crippen molar-refractivity contribution < 1.29 is 9.53 Å². The molecule has 2 rings (SSSR count). The first-order valence-corrected chi connectivity index (χ1v) is 6.80. The van der Waals surface area contributed by atoms with Gasteiger partial charge in [-0.2, -0.15) is 0 Å².